The van der Waals surface area contributed by atoms with Crippen molar-refractivity contribution < 1.29 is 10.2 Å². The number of hydrogen-bond donors (Lipinski definition) is 1. The molecule has 0 bridgehead atoms. The quantitative estimate of drug-likeness (QED) is 0.798. The average Bonchev–Trinajstić information content (AvgIpc) is 2.26. The van der Waals surface area contributed by atoms with E-state index in [-0.39, 0.29) is 23.4 Å². The molecular formula is C13H24ClNO2. The van der Waals surface area contributed by atoms with E-state index in [4.69, 9.17) is 4.74 Å². The summed E-state index contributed by atoms with van der Waals surface area (Å²) in [6.45, 7) is 8.83. The lowest BCUT2D eigenvalue weighted by molar-refractivity contribution is 0.142. The monoisotopic (exact) mass is 261 g/mol. The minimum atomic E-state index is 0. The summed E-state index contributed by atoms with van der Waals surface area (Å²) in [6, 6.07) is 10.5. The van der Waals surface area contributed by atoms with E-state index in [2.05, 4.69) is 43.4 Å². The van der Waals surface area contributed by atoms with Gasteiger partial charge in [0.2, 0.25) is 0 Å². The number of rotatable bonds is 6. The van der Waals surface area contributed by atoms with Crippen LogP contribution in [0.4, 0.5) is 0 Å². The molecule has 0 saturated heterocycles. The molecule has 1 aromatic carbocycles. The summed E-state index contributed by atoms with van der Waals surface area (Å²) in [6.07, 6.45) is 0. The molecule has 0 amide bonds. The van der Waals surface area contributed by atoms with Crippen molar-refractivity contribution in [1.29, 1.82) is 0 Å². The first-order valence-electron chi connectivity index (χ1n) is 5.55. The minimum Gasteiger partial charge on any atom is -0.412 e. The Labute approximate surface area is 110 Å². The second-order valence-electron chi connectivity index (χ2n) is 4.11. The van der Waals surface area contributed by atoms with Crippen molar-refractivity contribution in [2.24, 2.45) is 0 Å². The van der Waals surface area contributed by atoms with Gasteiger partial charge in [-0.2, -0.15) is 0 Å². The third-order valence-electron chi connectivity index (χ3n) is 2.51. The Balaban J connectivity index is 0. The molecule has 0 saturated carbocycles. The highest BCUT2D eigenvalue weighted by Gasteiger charge is 2.18. The van der Waals surface area contributed by atoms with Crippen molar-refractivity contribution in [3.05, 3.63) is 35.9 Å². The molecule has 0 aliphatic carbocycles. The van der Waals surface area contributed by atoms with Crippen LogP contribution in [-0.2, 0) is 10.3 Å². The summed E-state index contributed by atoms with van der Waals surface area (Å²) >= 11 is 0. The Morgan fingerprint density at radius 1 is 1.18 bits per heavy atom. The van der Waals surface area contributed by atoms with E-state index in [9.17, 15) is 0 Å². The van der Waals surface area contributed by atoms with Crippen LogP contribution in [0.1, 0.15) is 26.3 Å². The van der Waals surface area contributed by atoms with Crippen LogP contribution in [0.2, 0.25) is 0 Å². The molecule has 0 fully saturated rings. The Hall–Kier alpha value is -0.610. The van der Waals surface area contributed by atoms with Gasteiger partial charge in [0.25, 0.3) is 0 Å². The Morgan fingerprint density at radius 3 is 2.29 bits per heavy atom. The van der Waals surface area contributed by atoms with E-state index < -0.39 is 0 Å². The number of hydrogen-bond acceptors (Lipinski definition) is 2. The van der Waals surface area contributed by atoms with E-state index in [0.717, 1.165) is 19.8 Å². The van der Waals surface area contributed by atoms with E-state index >= 15 is 0 Å². The van der Waals surface area contributed by atoms with E-state index in [1.807, 2.05) is 13.0 Å². The molecule has 0 aliphatic heterocycles. The lowest BCUT2D eigenvalue weighted by atomic mass is 9.94. The molecule has 0 aromatic heterocycles. The fraction of sp³-hybridized carbons (Fsp3) is 0.538. The average molecular weight is 262 g/mol. The Kier molecular flexibility index (Phi) is 10.4. The van der Waals surface area contributed by atoms with Gasteiger partial charge >= 0.3 is 0 Å². The van der Waals surface area contributed by atoms with Crippen LogP contribution in [0.15, 0.2) is 30.3 Å². The third-order valence-corrected chi connectivity index (χ3v) is 2.51. The van der Waals surface area contributed by atoms with Gasteiger partial charge in [0.05, 0.1) is 6.61 Å². The fourth-order valence-corrected chi connectivity index (χ4v) is 1.54. The lowest BCUT2D eigenvalue weighted by Crippen LogP contribution is -2.38. The highest BCUT2D eigenvalue weighted by molar-refractivity contribution is 5.85. The van der Waals surface area contributed by atoms with Crippen LogP contribution in [0.5, 0.6) is 0 Å². The highest BCUT2D eigenvalue weighted by atomic mass is 35.5. The van der Waals surface area contributed by atoms with E-state index in [1.165, 1.54) is 5.56 Å². The molecule has 0 atom stereocenters. The van der Waals surface area contributed by atoms with Crippen LogP contribution in [0.25, 0.3) is 0 Å². The van der Waals surface area contributed by atoms with Crippen LogP contribution in [0, 0.1) is 0 Å². The molecular weight excluding hydrogens is 238 g/mol. The van der Waals surface area contributed by atoms with Gasteiger partial charge in [0.15, 0.2) is 0 Å². The normalized spacial score (nSPS) is 10.3. The van der Waals surface area contributed by atoms with Gasteiger partial charge in [-0.15, -0.1) is 12.4 Å². The standard InChI is InChI=1S/C13H21NO.ClH.H2O/c1-4-15-11-10-14-13(2,3)12-8-6-5-7-9-12;;/h5-9,14H,4,10-11H2,1-3H3;1H;1H2. The number of nitrogens with one attached hydrogen (secondary N) is 1. The SMILES string of the molecule is CCOCCNC(C)(C)c1ccccc1.Cl.O. The number of benzene rings is 1. The molecule has 0 unspecified atom stereocenters. The summed E-state index contributed by atoms with van der Waals surface area (Å²) < 4.78 is 5.30. The maximum atomic E-state index is 5.30. The molecule has 3 nitrogen and oxygen atoms in total. The third kappa shape index (κ3) is 6.64. The summed E-state index contributed by atoms with van der Waals surface area (Å²) in [5.74, 6) is 0. The lowest BCUT2D eigenvalue weighted by Gasteiger charge is -2.27. The molecule has 100 valence electrons. The number of halogens is 1. The zero-order chi connectivity index (χ0) is 11.1. The Morgan fingerprint density at radius 2 is 1.76 bits per heavy atom. The van der Waals surface area contributed by atoms with Gasteiger partial charge in [-0.05, 0) is 26.3 Å². The van der Waals surface area contributed by atoms with Crippen LogP contribution >= 0.6 is 12.4 Å². The molecule has 4 heteroatoms. The van der Waals surface area contributed by atoms with Crippen molar-refractivity contribution in [3.63, 3.8) is 0 Å². The maximum Gasteiger partial charge on any atom is 0.0591 e. The van der Waals surface area contributed by atoms with E-state index in [1.54, 1.807) is 0 Å². The van der Waals surface area contributed by atoms with Gasteiger partial charge in [-0.25, -0.2) is 0 Å². The summed E-state index contributed by atoms with van der Waals surface area (Å²) in [5.41, 5.74) is 1.32. The molecule has 3 N–H and O–H groups in total. The highest BCUT2D eigenvalue weighted by Crippen LogP contribution is 2.18. The molecule has 1 aromatic rings. The summed E-state index contributed by atoms with van der Waals surface area (Å²) in [4.78, 5) is 0. The van der Waals surface area contributed by atoms with Crippen molar-refractivity contribution in [2.75, 3.05) is 19.8 Å². The van der Waals surface area contributed by atoms with Crippen molar-refractivity contribution in [1.82, 2.24) is 5.32 Å². The zero-order valence-corrected chi connectivity index (χ0v) is 11.6. The van der Waals surface area contributed by atoms with Gasteiger partial charge < -0.3 is 15.5 Å². The molecule has 0 radical (unpaired) electrons. The smallest absolute Gasteiger partial charge is 0.0591 e. The molecule has 0 aliphatic rings. The Bertz CT molecular complexity index is 278. The van der Waals surface area contributed by atoms with Crippen LogP contribution in [-0.4, -0.2) is 25.2 Å². The van der Waals surface area contributed by atoms with Crippen molar-refractivity contribution in [2.45, 2.75) is 26.3 Å². The van der Waals surface area contributed by atoms with Crippen LogP contribution < -0.4 is 5.32 Å². The fourth-order valence-electron chi connectivity index (χ4n) is 1.54. The van der Waals surface area contributed by atoms with Crippen molar-refractivity contribution >= 4 is 12.4 Å². The van der Waals surface area contributed by atoms with Gasteiger partial charge in [0.1, 0.15) is 0 Å². The number of ether oxygens (including phenoxy) is 1. The van der Waals surface area contributed by atoms with E-state index in [0.29, 0.717) is 0 Å². The molecule has 0 spiro atoms. The van der Waals surface area contributed by atoms with Crippen molar-refractivity contribution in [3.8, 4) is 0 Å². The first-order valence-corrected chi connectivity index (χ1v) is 5.55. The molecule has 1 rings (SSSR count). The minimum absolute atomic E-state index is 0. The van der Waals surface area contributed by atoms with Crippen LogP contribution in [0.3, 0.4) is 0 Å². The molecule has 17 heavy (non-hydrogen) atoms. The molecule has 0 heterocycles. The summed E-state index contributed by atoms with van der Waals surface area (Å²) in [7, 11) is 0. The summed E-state index contributed by atoms with van der Waals surface area (Å²) in [5, 5.41) is 3.49. The largest absolute Gasteiger partial charge is 0.412 e. The van der Waals surface area contributed by atoms with Gasteiger partial charge in [0, 0.05) is 18.7 Å². The second kappa shape index (κ2) is 9.42. The first kappa shape index (κ1) is 18.7. The van der Waals surface area contributed by atoms with Gasteiger partial charge in [-0.1, -0.05) is 30.3 Å². The predicted molar refractivity (Wildman–Crippen MR) is 74.8 cm³/mol. The second-order valence-corrected chi connectivity index (χ2v) is 4.11. The zero-order valence-electron chi connectivity index (χ0n) is 10.8. The maximum absolute atomic E-state index is 5.30. The van der Waals surface area contributed by atoms with Gasteiger partial charge in [-0.3, -0.25) is 0 Å². The first-order chi connectivity index (χ1) is 7.17. The topological polar surface area (TPSA) is 52.8 Å². The predicted octanol–water partition coefficient (Wildman–Crippen LogP) is 2.14.